The summed E-state index contributed by atoms with van der Waals surface area (Å²) in [5, 5.41) is 11.9. The number of hydrogen-bond acceptors (Lipinski definition) is 2. The van der Waals surface area contributed by atoms with Crippen LogP contribution < -0.4 is 4.40 Å². The normalized spacial score (nSPS) is 10.8. The van der Waals surface area contributed by atoms with Crippen molar-refractivity contribution in [1.82, 2.24) is 0 Å². The lowest BCUT2D eigenvalue weighted by atomic mass is 10.1. The van der Waals surface area contributed by atoms with Crippen molar-refractivity contribution in [2.24, 2.45) is 0 Å². The molecule has 0 N–H and O–H groups in total. The Morgan fingerprint density at radius 1 is 1.00 bits per heavy atom. The summed E-state index contributed by atoms with van der Waals surface area (Å²) in [5.41, 5.74) is 1.70. The molecule has 17 heavy (non-hydrogen) atoms. The molecule has 3 aromatic rings. The van der Waals surface area contributed by atoms with Gasteiger partial charge in [0.1, 0.15) is 0 Å². The maximum atomic E-state index is 11.1. The maximum absolute atomic E-state index is 11.1. The van der Waals surface area contributed by atoms with Crippen LogP contribution in [-0.2, 0) is 0 Å². The van der Waals surface area contributed by atoms with Gasteiger partial charge < -0.3 is 0 Å². The highest BCUT2D eigenvalue weighted by molar-refractivity contribution is 5.85. The van der Waals surface area contributed by atoms with Crippen molar-refractivity contribution in [2.75, 3.05) is 0 Å². The summed E-state index contributed by atoms with van der Waals surface area (Å²) in [6.45, 7) is 0. The third-order valence-corrected chi connectivity index (χ3v) is 2.81. The summed E-state index contributed by atoms with van der Waals surface area (Å²) < 4.78 is 1.84. The monoisotopic (exact) mass is 225 g/mol. The number of nitro groups is 1. The van der Waals surface area contributed by atoms with E-state index in [0.717, 1.165) is 10.9 Å². The molecule has 0 atom stereocenters. The maximum Gasteiger partial charge on any atom is 0.341 e. The van der Waals surface area contributed by atoms with Crippen LogP contribution in [0.2, 0.25) is 0 Å². The van der Waals surface area contributed by atoms with Crippen LogP contribution in [0, 0.1) is 10.1 Å². The van der Waals surface area contributed by atoms with Gasteiger partial charge in [-0.05, 0) is 18.2 Å². The van der Waals surface area contributed by atoms with E-state index in [-0.39, 0.29) is 10.6 Å². The number of para-hydroxylation sites is 1. The molecule has 0 aliphatic heterocycles. The van der Waals surface area contributed by atoms with Gasteiger partial charge >= 0.3 is 5.69 Å². The van der Waals surface area contributed by atoms with Gasteiger partial charge in [-0.3, -0.25) is 10.1 Å². The van der Waals surface area contributed by atoms with Crippen LogP contribution in [0.15, 0.2) is 54.7 Å². The Hall–Kier alpha value is -2.49. The van der Waals surface area contributed by atoms with Gasteiger partial charge in [-0.15, -0.1) is 0 Å². The predicted molar refractivity (Wildman–Crippen MR) is 63.8 cm³/mol. The van der Waals surface area contributed by atoms with Crippen molar-refractivity contribution in [3.8, 4) is 0 Å². The fourth-order valence-corrected chi connectivity index (χ4v) is 2.06. The van der Waals surface area contributed by atoms with Crippen molar-refractivity contribution >= 4 is 22.1 Å². The van der Waals surface area contributed by atoms with Crippen molar-refractivity contribution in [3.63, 3.8) is 0 Å². The average molecular weight is 225 g/mol. The van der Waals surface area contributed by atoms with E-state index < -0.39 is 0 Å². The Morgan fingerprint density at radius 2 is 1.88 bits per heavy atom. The Kier molecular flexibility index (Phi) is 2.01. The predicted octanol–water partition coefficient (Wildman–Crippen LogP) is 2.49. The largest absolute Gasteiger partial charge is 0.341 e. The molecule has 0 unspecified atom stereocenters. The highest BCUT2D eigenvalue weighted by Gasteiger charge is 2.20. The number of nitrogens with zero attached hydrogens (tertiary/aromatic N) is 2. The van der Waals surface area contributed by atoms with Crippen molar-refractivity contribution in [3.05, 3.63) is 64.8 Å². The van der Waals surface area contributed by atoms with Crippen LogP contribution >= 0.6 is 0 Å². The number of pyridine rings is 2. The van der Waals surface area contributed by atoms with Crippen LogP contribution in [0.4, 0.5) is 5.69 Å². The molecular formula is C13H9N2O2+. The first-order valence-electron chi connectivity index (χ1n) is 5.24. The van der Waals surface area contributed by atoms with E-state index >= 15 is 0 Å². The second-order valence-corrected chi connectivity index (χ2v) is 3.80. The Balaban J connectivity index is 2.59. The van der Waals surface area contributed by atoms with E-state index in [1.54, 1.807) is 6.07 Å². The molecule has 1 aromatic carbocycles. The van der Waals surface area contributed by atoms with Crippen LogP contribution in [0.25, 0.3) is 16.4 Å². The fraction of sp³-hybridized carbons (Fsp3) is 0. The minimum atomic E-state index is -0.345. The zero-order valence-corrected chi connectivity index (χ0v) is 8.91. The van der Waals surface area contributed by atoms with Crippen LogP contribution in [-0.4, -0.2) is 4.92 Å². The molecule has 0 aliphatic rings. The lowest BCUT2D eigenvalue weighted by molar-refractivity contribution is -0.489. The number of fused-ring (bicyclic) bond motifs is 3. The minimum absolute atomic E-state index is 0.129. The van der Waals surface area contributed by atoms with Gasteiger partial charge in [0.05, 0.1) is 10.3 Å². The second-order valence-electron chi connectivity index (χ2n) is 3.80. The van der Waals surface area contributed by atoms with Crippen molar-refractivity contribution < 1.29 is 9.32 Å². The van der Waals surface area contributed by atoms with E-state index in [1.807, 2.05) is 47.0 Å². The Morgan fingerprint density at radius 3 is 2.71 bits per heavy atom. The molecule has 0 saturated heterocycles. The molecule has 0 aliphatic carbocycles. The molecule has 4 nitrogen and oxygen atoms in total. The lowest BCUT2D eigenvalue weighted by Crippen LogP contribution is -2.22. The molecule has 0 spiro atoms. The summed E-state index contributed by atoms with van der Waals surface area (Å²) in [4.78, 5) is 10.7. The molecule has 2 aromatic heterocycles. The third-order valence-electron chi connectivity index (χ3n) is 2.81. The molecular weight excluding hydrogens is 216 g/mol. The number of rotatable bonds is 1. The SMILES string of the molecule is O=[N+]([O-])c1cccc2ccc3cccc[n+]3c12. The van der Waals surface area contributed by atoms with Gasteiger partial charge in [0.25, 0.3) is 5.52 Å². The van der Waals surface area contributed by atoms with Gasteiger partial charge in [0.2, 0.25) is 5.52 Å². The molecule has 0 saturated carbocycles. The zero-order chi connectivity index (χ0) is 11.8. The van der Waals surface area contributed by atoms with Crippen molar-refractivity contribution in [2.45, 2.75) is 0 Å². The Bertz CT molecular complexity index is 738. The van der Waals surface area contributed by atoms with E-state index in [2.05, 4.69) is 0 Å². The molecule has 2 heterocycles. The number of nitro benzene ring substituents is 1. The van der Waals surface area contributed by atoms with Crippen LogP contribution in [0.1, 0.15) is 0 Å². The Labute approximate surface area is 96.9 Å². The second kappa shape index (κ2) is 3.52. The standard InChI is InChI=1S/C13H9N2O2/c16-15(17)12-6-3-4-10-7-8-11-5-1-2-9-14(11)13(10)12/h1-9H/q+1. The quantitative estimate of drug-likeness (QED) is 0.276. The summed E-state index contributed by atoms with van der Waals surface area (Å²) in [7, 11) is 0. The summed E-state index contributed by atoms with van der Waals surface area (Å²) in [6.07, 6.45) is 1.84. The molecule has 82 valence electrons. The highest BCUT2D eigenvalue weighted by atomic mass is 16.6. The van der Waals surface area contributed by atoms with Gasteiger partial charge in [0, 0.05) is 24.3 Å². The van der Waals surface area contributed by atoms with E-state index in [9.17, 15) is 10.1 Å². The molecule has 4 heteroatoms. The minimum Gasteiger partial charge on any atom is -0.258 e. The smallest absolute Gasteiger partial charge is 0.258 e. The van der Waals surface area contributed by atoms with E-state index in [1.165, 1.54) is 6.07 Å². The van der Waals surface area contributed by atoms with Gasteiger partial charge in [-0.2, -0.15) is 4.40 Å². The lowest BCUT2D eigenvalue weighted by Gasteiger charge is -1.97. The molecule has 3 rings (SSSR count). The number of aromatic nitrogens is 1. The first-order chi connectivity index (χ1) is 8.27. The van der Waals surface area contributed by atoms with E-state index in [0.29, 0.717) is 5.52 Å². The molecule has 0 bridgehead atoms. The van der Waals surface area contributed by atoms with Crippen LogP contribution in [0.5, 0.6) is 0 Å². The molecule has 0 radical (unpaired) electrons. The average Bonchev–Trinajstić information content (AvgIpc) is 2.37. The summed E-state index contributed by atoms with van der Waals surface area (Å²) in [5.74, 6) is 0. The topological polar surface area (TPSA) is 47.2 Å². The van der Waals surface area contributed by atoms with Gasteiger partial charge in [-0.25, -0.2) is 0 Å². The first-order valence-corrected chi connectivity index (χ1v) is 5.24. The van der Waals surface area contributed by atoms with Gasteiger partial charge in [0.15, 0.2) is 6.20 Å². The summed E-state index contributed by atoms with van der Waals surface area (Å²) in [6, 6.07) is 14.7. The highest BCUT2D eigenvalue weighted by Crippen LogP contribution is 2.22. The van der Waals surface area contributed by atoms with Crippen LogP contribution in [0.3, 0.4) is 0 Å². The molecule has 0 fully saturated rings. The number of benzene rings is 1. The van der Waals surface area contributed by atoms with Gasteiger partial charge in [-0.1, -0.05) is 6.07 Å². The van der Waals surface area contributed by atoms with Crippen molar-refractivity contribution in [1.29, 1.82) is 0 Å². The molecule has 0 amide bonds. The zero-order valence-electron chi connectivity index (χ0n) is 8.91. The number of non-ortho nitro benzene ring substituents is 1. The van der Waals surface area contributed by atoms with E-state index in [4.69, 9.17) is 0 Å². The summed E-state index contributed by atoms with van der Waals surface area (Å²) >= 11 is 0. The third kappa shape index (κ3) is 1.42. The number of hydrogen-bond donors (Lipinski definition) is 0. The first kappa shape index (κ1) is 9.72. The fourth-order valence-electron chi connectivity index (χ4n) is 2.06.